The second kappa shape index (κ2) is 4.46. The van der Waals surface area contributed by atoms with Gasteiger partial charge in [0.15, 0.2) is 0 Å². The predicted molar refractivity (Wildman–Crippen MR) is 61.5 cm³/mol. The van der Waals surface area contributed by atoms with Crippen LogP contribution in [-0.2, 0) is 11.3 Å². The third kappa shape index (κ3) is 2.05. The number of rotatable bonds is 3. The molecule has 0 bridgehead atoms. The van der Waals surface area contributed by atoms with Crippen molar-refractivity contribution in [2.24, 2.45) is 0 Å². The molecule has 2 aromatic rings. The highest BCUT2D eigenvalue weighted by Crippen LogP contribution is 2.33. The molecule has 0 amide bonds. The van der Waals surface area contributed by atoms with Crippen LogP contribution in [0.1, 0.15) is 16.1 Å². The van der Waals surface area contributed by atoms with E-state index >= 15 is 0 Å². The quantitative estimate of drug-likeness (QED) is 0.946. The van der Waals surface area contributed by atoms with Gasteiger partial charge in [-0.25, -0.2) is 9.18 Å². The van der Waals surface area contributed by atoms with Gasteiger partial charge in [-0.15, -0.1) is 0 Å². The summed E-state index contributed by atoms with van der Waals surface area (Å²) in [7, 11) is 1.43. The molecule has 1 aromatic carbocycles. The highest BCUT2D eigenvalue weighted by Gasteiger charge is 2.21. The Labute approximate surface area is 104 Å². The van der Waals surface area contributed by atoms with Crippen LogP contribution in [0.4, 0.5) is 4.39 Å². The zero-order valence-electron chi connectivity index (χ0n) is 8.79. The van der Waals surface area contributed by atoms with Crippen molar-refractivity contribution in [3.05, 3.63) is 33.7 Å². The normalized spacial score (nSPS) is 11.0. The average molecular weight is 303 g/mol. The number of aromatic carboxylic acids is 1. The summed E-state index contributed by atoms with van der Waals surface area (Å²) in [4.78, 5) is 11.0. The lowest BCUT2D eigenvalue weighted by atomic mass is 10.1. The van der Waals surface area contributed by atoms with Crippen molar-refractivity contribution in [3.8, 4) is 0 Å². The van der Waals surface area contributed by atoms with E-state index in [2.05, 4.69) is 15.9 Å². The molecule has 0 aliphatic carbocycles. The summed E-state index contributed by atoms with van der Waals surface area (Å²) in [5.41, 5.74) is 0.631. The van der Waals surface area contributed by atoms with Gasteiger partial charge in [-0.2, -0.15) is 0 Å². The van der Waals surface area contributed by atoms with Crippen molar-refractivity contribution < 1.29 is 23.4 Å². The van der Waals surface area contributed by atoms with E-state index in [0.717, 1.165) is 0 Å². The Kier molecular flexibility index (Phi) is 3.17. The number of methoxy groups -OCH3 is 1. The lowest BCUT2D eigenvalue weighted by Gasteiger charge is -1.98. The first-order valence-corrected chi connectivity index (χ1v) is 5.46. The molecule has 1 aromatic heterocycles. The number of furan rings is 1. The van der Waals surface area contributed by atoms with Gasteiger partial charge in [0.2, 0.25) is 5.76 Å². The van der Waals surface area contributed by atoms with Crippen LogP contribution in [0.3, 0.4) is 0 Å². The Hall–Kier alpha value is -1.40. The lowest BCUT2D eigenvalue weighted by Crippen LogP contribution is -1.99. The number of ether oxygens (including phenoxy) is 1. The first kappa shape index (κ1) is 12.1. The average Bonchev–Trinajstić information content (AvgIpc) is 2.58. The maximum atomic E-state index is 13.3. The minimum Gasteiger partial charge on any atom is -0.475 e. The maximum absolute atomic E-state index is 13.3. The summed E-state index contributed by atoms with van der Waals surface area (Å²) >= 11 is 3.13. The van der Waals surface area contributed by atoms with E-state index in [-0.39, 0.29) is 12.4 Å². The van der Waals surface area contributed by atoms with Crippen LogP contribution in [0.25, 0.3) is 11.0 Å². The van der Waals surface area contributed by atoms with Gasteiger partial charge in [0, 0.05) is 18.1 Å². The first-order valence-electron chi connectivity index (χ1n) is 4.67. The molecule has 0 spiro atoms. The van der Waals surface area contributed by atoms with Crippen molar-refractivity contribution in [2.45, 2.75) is 6.61 Å². The minimum atomic E-state index is -1.21. The highest BCUT2D eigenvalue weighted by atomic mass is 79.9. The number of benzene rings is 1. The van der Waals surface area contributed by atoms with Crippen LogP contribution >= 0.6 is 15.9 Å². The van der Waals surface area contributed by atoms with E-state index in [4.69, 9.17) is 14.3 Å². The fourth-order valence-electron chi connectivity index (χ4n) is 1.63. The molecule has 90 valence electrons. The van der Waals surface area contributed by atoms with Gasteiger partial charge >= 0.3 is 5.97 Å². The van der Waals surface area contributed by atoms with E-state index in [1.54, 1.807) is 0 Å². The smallest absolute Gasteiger partial charge is 0.372 e. The number of carbonyl (C=O) groups is 1. The Morgan fingerprint density at radius 2 is 2.29 bits per heavy atom. The second-order valence-corrected chi connectivity index (χ2v) is 4.27. The molecular formula is C11H8BrFO4. The molecular weight excluding hydrogens is 295 g/mol. The third-order valence-corrected chi connectivity index (χ3v) is 2.88. The molecule has 4 nitrogen and oxygen atoms in total. The Balaban J connectivity index is 2.79. The molecule has 0 atom stereocenters. The summed E-state index contributed by atoms with van der Waals surface area (Å²) in [6, 6.07) is 2.44. The van der Waals surface area contributed by atoms with Crippen LogP contribution in [-0.4, -0.2) is 18.2 Å². The zero-order valence-corrected chi connectivity index (χ0v) is 10.4. The number of carboxylic acids is 1. The number of hydrogen-bond donors (Lipinski definition) is 1. The predicted octanol–water partition coefficient (Wildman–Crippen LogP) is 3.18. The molecule has 0 saturated carbocycles. The fourth-order valence-corrected chi connectivity index (χ4v) is 2.15. The van der Waals surface area contributed by atoms with Gasteiger partial charge in [-0.1, -0.05) is 0 Å². The van der Waals surface area contributed by atoms with E-state index in [1.165, 1.54) is 19.2 Å². The van der Waals surface area contributed by atoms with Crippen LogP contribution in [0.2, 0.25) is 0 Å². The summed E-state index contributed by atoms with van der Waals surface area (Å²) in [6.07, 6.45) is 0. The fraction of sp³-hybridized carbons (Fsp3) is 0.182. The summed E-state index contributed by atoms with van der Waals surface area (Å²) < 4.78 is 23.8. The number of halogens is 2. The number of hydrogen-bond acceptors (Lipinski definition) is 3. The van der Waals surface area contributed by atoms with Gasteiger partial charge in [0.05, 0.1) is 11.1 Å². The second-order valence-electron chi connectivity index (χ2n) is 3.41. The third-order valence-electron chi connectivity index (χ3n) is 2.29. The lowest BCUT2D eigenvalue weighted by molar-refractivity contribution is 0.0658. The molecule has 2 rings (SSSR count). The first-order chi connectivity index (χ1) is 8.04. The molecule has 17 heavy (non-hydrogen) atoms. The molecule has 0 fully saturated rings. The summed E-state index contributed by atoms with van der Waals surface area (Å²) in [5, 5.41) is 9.39. The van der Waals surface area contributed by atoms with E-state index in [0.29, 0.717) is 21.0 Å². The molecule has 0 unspecified atom stereocenters. The summed E-state index contributed by atoms with van der Waals surface area (Å²) in [6.45, 7) is 0.0462. The van der Waals surface area contributed by atoms with Gasteiger partial charge in [0.1, 0.15) is 11.4 Å². The van der Waals surface area contributed by atoms with E-state index in [1.807, 2.05) is 0 Å². The minimum absolute atomic E-state index is 0.0462. The Morgan fingerprint density at radius 1 is 1.59 bits per heavy atom. The Morgan fingerprint density at radius 3 is 2.88 bits per heavy atom. The number of fused-ring (bicyclic) bond motifs is 1. The van der Waals surface area contributed by atoms with Gasteiger partial charge in [0.25, 0.3) is 0 Å². The largest absolute Gasteiger partial charge is 0.475 e. The standard InChI is InChI=1S/C11H8BrFO4/c1-16-4-7-6-2-5(13)3-8(12)9(6)17-10(7)11(14)15/h2-3H,4H2,1H3,(H,14,15). The molecule has 0 aliphatic heterocycles. The van der Waals surface area contributed by atoms with Crippen LogP contribution in [0.5, 0.6) is 0 Å². The number of carboxylic acid groups (broad SMARTS) is 1. The zero-order chi connectivity index (χ0) is 12.6. The van der Waals surface area contributed by atoms with Crippen molar-refractivity contribution in [2.75, 3.05) is 7.11 Å². The highest BCUT2D eigenvalue weighted by molar-refractivity contribution is 9.10. The molecule has 6 heteroatoms. The Bertz CT molecular complexity index is 591. The van der Waals surface area contributed by atoms with Crippen LogP contribution < -0.4 is 0 Å². The van der Waals surface area contributed by atoms with Crippen molar-refractivity contribution >= 4 is 32.9 Å². The molecule has 0 aliphatic rings. The molecule has 0 radical (unpaired) electrons. The van der Waals surface area contributed by atoms with Gasteiger partial charge < -0.3 is 14.3 Å². The van der Waals surface area contributed by atoms with Gasteiger partial charge in [-0.05, 0) is 28.1 Å². The molecule has 1 heterocycles. The maximum Gasteiger partial charge on any atom is 0.372 e. The molecule has 1 N–H and O–H groups in total. The topological polar surface area (TPSA) is 59.7 Å². The van der Waals surface area contributed by atoms with Crippen molar-refractivity contribution in [1.82, 2.24) is 0 Å². The monoisotopic (exact) mass is 302 g/mol. The van der Waals surface area contributed by atoms with Crippen LogP contribution in [0, 0.1) is 5.82 Å². The molecule has 0 saturated heterocycles. The van der Waals surface area contributed by atoms with Crippen LogP contribution in [0.15, 0.2) is 21.0 Å². The van der Waals surface area contributed by atoms with Crippen molar-refractivity contribution in [1.29, 1.82) is 0 Å². The van der Waals surface area contributed by atoms with Crippen molar-refractivity contribution in [3.63, 3.8) is 0 Å². The van der Waals surface area contributed by atoms with E-state index < -0.39 is 11.8 Å². The SMILES string of the molecule is COCc1c(C(=O)O)oc2c(Br)cc(F)cc12. The van der Waals surface area contributed by atoms with Gasteiger partial charge in [-0.3, -0.25) is 0 Å². The van der Waals surface area contributed by atoms with E-state index in [9.17, 15) is 9.18 Å². The summed E-state index contributed by atoms with van der Waals surface area (Å²) in [5.74, 6) is -1.91.